The second kappa shape index (κ2) is 10.1. The molecule has 0 bridgehead atoms. The minimum Gasteiger partial charge on any atom is -0.448 e. The van der Waals surface area contributed by atoms with Crippen molar-refractivity contribution in [3.8, 4) is 0 Å². The molecule has 4 rings (SSSR count). The fourth-order valence-electron chi connectivity index (χ4n) is 4.52. The zero-order chi connectivity index (χ0) is 26.0. The van der Waals surface area contributed by atoms with Crippen molar-refractivity contribution < 1.29 is 27.7 Å². The summed E-state index contributed by atoms with van der Waals surface area (Å²) < 4.78 is 30.9. The Morgan fingerprint density at radius 2 is 1.92 bits per heavy atom. The average Bonchev–Trinajstić information content (AvgIpc) is 3.50. The molecule has 36 heavy (non-hydrogen) atoms. The van der Waals surface area contributed by atoms with Crippen LogP contribution >= 0.6 is 0 Å². The molecule has 1 N–H and O–H groups in total. The van der Waals surface area contributed by atoms with Gasteiger partial charge in [-0.2, -0.15) is 0 Å². The summed E-state index contributed by atoms with van der Waals surface area (Å²) in [6, 6.07) is 7.08. The van der Waals surface area contributed by atoms with E-state index in [1.165, 1.54) is 24.6 Å². The first-order chi connectivity index (χ1) is 17.0. The number of amides is 2. The number of halogens is 1. The van der Waals surface area contributed by atoms with Gasteiger partial charge in [-0.15, -0.1) is 0 Å². The van der Waals surface area contributed by atoms with Gasteiger partial charge in [0.05, 0.1) is 6.20 Å². The Balaban J connectivity index is 1.78. The summed E-state index contributed by atoms with van der Waals surface area (Å²) in [6.45, 7) is 9.44. The molecule has 3 atom stereocenters. The molecule has 3 heterocycles. The Labute approximate surface area is 209 Å². The van der Waals surface area contributed by atoms with Crippen LogP contribution in [-0.2, 0) is 4.74 Å². The molecule has 1 saturated heterocycles. The van der Waals surface area contributed by atoms with Crippen molar-refractivity contribution in [2.45, 2.75) is 70.6 Å². The number of carbonyl (C=O) groups is 2. The van der Waals surface area contributed by atoms with Crippen LogP contribution in [-0.4, -0.2) is 45.2 Å². The van der Waals surface area contributed by atoms with Gasteiger partial charge in [0.1, 0.15) is 23.7 Å². The summed E-state index contributed by atoms with van der Waals surface area (Å²) in [5.74, 6) is -0.702. The second-order valence-electron chi connectivity index (χ2n) is 10.2. The summed E-state index contributed by atoms with van der Waals surface area (Å²) in [4.78, 5) is 31.9. The molecular weight excluding hydrogens is 467 g/mol. The van der Waals surface area contributed by atoms with Crippen LogP contribution in [0, 0.1) is 5.82 Å². The third-order valence-electron chi connectivity index (χ3n) is 5.91. The minimum absolute atomic E-state index is 0.0579. The van der Waals surface area contributed by atoms with Crippen LogP contribution in [0.3, 0.4) is 0 Å². The van der Waals surface area contributed by atoms with Crippen molar-refractivity contribution in [1.29, 1.82) is 0 Å². The first kappa shape index (κ1) is 25.4. The number of hydrogen-bond acceptors (Lipinski definition) is 7. The monoisotopic (exact) mass is 498 g/mol. The van der Waals surface area contributed by atoms with Gasteiger partial charge in [0, 0.05) is 30.5 Å². The lowest BCUT2D eigenvalue weighted by Gasteiger charge is -2.43. The van der Waals surface area contributed by atoms with Crippen molar-refractivity contribution in [2.75, 3.05) is 6.54 Å². The van der Waals surface area contributed by atoms with E-state index in [1.54, 1.807) is 43.9 Å². The molecule has 3 aromatic rings. The largest absolute Gasteiger partial charge is 0.448 e. The van der Waals surface area contributed by atoms with Gasteiger partial charge in [-0.1, -0.05) is 17.3 Å². The van der Waals surface area contributed by atoms with Crippen molar-refractivity contribution in [3.05, 3.63) is 71.5 Å². The lowest BCUT2D eigenvalue weighted by atomic mass is 9.74. The van der Waals surface area contributed by atoms with E-state index >= 15 is 0 Å². The number of rotatable bonds is 5. The Kier molecular flexibility index (Phi) is 7.14. The van der Waals surface area contributed by atoms with Crippen LogP contribution < -0.4 is 5.32 Å². The molecule has 0 aliphatic carbocycles. The summed E-state index contributed by atoms with van der Waals surface area (Å²) in [6.07, 6.45) is 2.81. The van der Waals surface area contributed by atoms with E-state index < -0.39 is 23.7 Å². The van der Waals surface area contributed by atoms with E-state index in [4.69, 9.17) is 13.7 Å². The minimum atomic E-state index is -0.702. The van der Waals surface area contributed by atoms with Crippen LogP contribution in [0.15, 0.2) is 51.7 Å². The maximum atomic E-state index is 13.8. The lowest BCUT2D eigenvalue weighted by molar-refractivity contribution is -0.00198. The van der Waals surface area contributed by atoms with Gasteiger partial charge in [-0.25, -0.2) is 14.2 Å². The molecule has 1 fully saturated rings. The highest BCUT2D eigenvalue weighted by molar-refractivity contribution is 5.92. The summed E-state index contributed by atoms with van der Waals surface area (Å²) in [5, 5.41) is 6.66. The van der Waals surface area contributed by atoms with Crippen molar-refractivity contribution in [3.63, 3.8) is 0 Å². The highest BCUT2D eigenvalue weighted by atomic mass is 19.1. The van der Waals surface area contributed by atoms with Crippen molar-refractivity contribution in [1.82, 2.24) is 20.4 Å². The highest BCUT2D eigenvalue weighted by Gasteiger charge is 2.47. The van der Waals surface area contributed by atoms with Crippen LogP contribution in [0.1, 0.15) is 86.6 Å². The number of ether oxygens (including phenoxy) is 1. The number of aromatic nitrogens is 2. The molecule has 3 unspecified atom stereocenters. The van der Waals surface area contributed by atoms with Crippen LogP contribution in [0.2, 0.25) is 0 Å². The van der Waals surface area contributed by atoms with E-state index in [0.29, 0.717) is 24.6 Å². The Hall–Kier alpha value is -3.69. The van der Waals surface area contributed by atoms with E-state index in [0.717, 1.165) is 5.56 Å². The third-order valence-corrected chi connectivity index (χ3v) is 5.91. The number of carbonyl (C=O) groups excluding carboxylic acids is 2. The summed E-state index contributed by atoms with van der Waals surface area (Å²) in [7, 11) is 0. The van der Waals surface area contributed by atoms with E-state index in [-0.39, 0.29) is 29.4 Å². The molecular formula is C26H31FN4O5. The van der Waals surface area contributed by atoms with Gasteiger partial charge in [0.15, 0.2) is 17.3 Å². The zero-order valence-corrected chi connectivity index (χ0v) is 21.0. The van der Waals surface area contributed by atoms with Gasteiger partial charge in [-0.05, 0) is 58.7 Å². The zero-order valence-electron chi connectivity index (χ0n) is 21.0. The maximum Gasteiger partial charge on any atom is 0.410 e. The fraction of sp³-hybridized carbons (Fsp3) is 0.462. The number of oxazole rings is 1. The third kappa shape index (κ3) is 5.58. The summed E-state index contributed by atoms with van der Waals surface area (Å²) in [5.41, 5.74) is 0.219. The normalized spacial score (nSPS) is 20.4. The second-order valence-corrected chi connectivity index (χ2v) is 10.2. The smallest absolute Gasteiger partial charge is 0.410 e. The van der Waals surface area contributed by atoms with Crippen LogP contribution in [0.5, 0.6) is 0 Å². The number of nitrogens with zero attached hydrogens (tertiary/aromatic N) is 3. The van der Waals surface area contributed by atoms with Gasteiger partial charge < -0.3 is 19.0 Å². The molecule has 1 aliphatic rings. The number of hydrogen-bond donors (Lipinski definition) is 1. The number of likely N-dealkylation sites (tertiary alicyclic amines) is 1. The van der Waals surface area contributed by atoms with Crippen molar-refractivity contribution >= 4 is 12.0 Å². The van der Waals surface area contributed by atoms with Crippen molar-refractivity contribution in [2.24, 2.45) is 0 Å². The topological polar surface area (TPSA) is 111 Å². The molecule has 1 aromatic carbocycles. The molecule has 0 spiro atoms. The predicted octanol–water partition coefficient (Wildman–Crippen LogP) is 5.19. The van der Waals surface area contributed by atoms with Crippen LogP contribution in [0.4, 0.5) is 9.18 Å². The number of piperidine rings is 1. The first-order valence-corrected chi connectivity index (χ1v) is 12.0. The van der Waals surface area contributed by atoms with Crippen LogP contribution in [0.25, 0.3) is 0 Å². The van der Waals surface area contributed by atoms with Gasteiger partial charge in [-0.3, -0.25) is 9.69 Å². The average molecular weight is 499 g/mol. The first-order valence-electron chi connectivity index (χ1n) is 12.0. The Morgan fingerprint density at radius 1 is 1.19 bits per heavy atom. The van der Waals surface area contributed by atoms with E-state index in [9.17, 15) is 14.0 Å². The van der Waals surface area contributed by atoms with Gasteiger partial charge in [0.25, 0.3) is 5.91 Å². The highest BCUT2D eigenvalue weighted by Crippen LogP contribution is 2.50. The molecule has 0 radical (unpaired) electrons. The lowest BCUT2D eigenvalue weighted by Crippen LogP contribution is -2.46. The molecule has 2 aromatic heterocycles. The molecule has 192 valence electrons. The van der Waals surface area contributed by atoms with Gasteiger partial charge in [0.2, 0.25) is 0 Å². The Morgan fingerprint density at radius 3 is 2.53 bits per heavy atom. The van der Waals surface area contributed by atoms with Gasteiger partial charge >= 0.3 is 6.09 Å². The maximum absolute atomic E-state index is 13.8. The fourth-order valence-corrected chi connectivity index (χ4v) is 4.52. The number of nitrogens with one attached hydrogen (secondary N) is 1. The number of benzene rings is 1. The molecule has 0 saturated carbocycles. The SMILES string of the molecule is CC(C)NC(=O)c1coc(C2CCN(C(=O)OC(C)(C)C)C(c3ccno3)C2c2ccc(F)cc2)n1. The van der Waals surface area contributed by atoms with E-state index in [2.05, 4.69) is 15.5 Å². The molecule has 9 nitrogen and oxygen atoms in total. The quantitative estimate of drug-likeness (QED) is 0.515. The predicted molar refractivity (Wildman–Crippen MR) is 128 cm³/mol. The molecule has 1 aliphatic heterocycles. The molecule has 10 heteroatoms. The standard InChI is InChI=1S/C26H31FN4O5/c1-15(2)29-23(32)19-14-34-24(30-19)18-11-13-31(25(33)35-26(3,4)5)22(20-10-12-28-36-20)21(18)16-6-8-17(27)9-7-16/h6-10,12,14-15,18,21-22H,11,13H2,1-5H3,(H,29,32). The summed E-state index contributed by atoms with van der Waals surface area (Å²) >= 11 is 0. The Bertz CT molecular complexity index is 1180. The van der Waals surface area contributed by atoms with E-state index in [1.807, 2.05) is 13.8 Å². The molecule has 2 amide bonds.